The number of benzene rings is 2. The fourth-order valence-corrected chi connectivity index (χ4v) is 2.90. The van der Waals surface area contributed by atoms with E-state index < -0.39 is 0 Å². The van der Waals surface area contributed by atoms with Crippen LogP contribution in [0.3, 0.4) is 0 Å². The lowest BCUT2D eigenvalue weighted by Crippen LogP contribution is -2.33. The van der Waals surface area contributed by atoms with Crippen LogP contribution in [-0.4, -0.2) is 12.5 Å². The van der Waals surface area contributed by atoms with Crippen LogP contribution in [0.5, 0.6) is 0 Å². The summed E-state index contributed by atoms with van der Waals surface area (Å²) in [5.74, 6) is 6.43. The van der Waals surface area contributed by atoms with Crippen LogP contribution in [0.1, 0.15) is 54.1 Å². The van der Waals surface area contributed by atoms with Crippen molar-refractivity contribution in [1.82, 2.24) is 0 Å². The molecule has 0 saturated carbocycles. The molecule has 0 spiro atoms. The van der Waals surface area contributed by atoms with Gasteiger partial charge in [0.2, 0.25) is 0 Å². The number of carbonyl (C=O) groups excluding carboxylic acids is 1. The van der Waals surface area contributed by atoms with Gasteiger partial charge in [0.25, 0.3) is 5.91 Å². The molecule has 2 aromatic carbocycles. The number of nitrogens with zero attached hydrogens (tertiary/aromatic N) is 1. The highest BCUT2D eigenvalue weighted by atomic mass is 16.2. The van der Waals surface area contributed by atoms with Crippen molar-refractivity contribution in [2.75, 3.05) is 11.4 Å². The number of rotatable bonds is 5. The Morgan fingerprint density at radius 2 is 1.57 bits per heavy atom. The molecule has 23 heavy (non-hydrogen) atoms. The summed E-state index contributed by atoms with van der Waals surface area (Å²) in [5, 5.41) is 0. The van der Waals surface area contributed by atoms with E-state index in [0.29, 0.717) is 5.56 Å². The van der Waals surface area contributed by atoms with Gasteiger partial charge >= 0.3 is 0 Å². The molecule has 1 aliphatic heterocycles. The van der Waals surface area contributed by atoms with Crippen molar-refractivity contribution in [3.05, 3.63) is 65.2 Å². The fraction of sp³-hybridized carbons (Fsp3) is 0.286. The predicted octanol–water partition coefficient (Wildman–Crippen LogP) is 4.63. The summed E-state index contributed by atoms with van der Waals surface area (Å²) in [4.78, 5) is 15.0. The lowest BCUT2D eigenvalue weighted by Gasteiger charge is -2.25. The second kappa shape index (κ2) is 7.15. The third-order valence-electron chi connectivity index (χ3n) is 4.16. The number of carbonyl (C=O) groups is 1. The second-order valence-corrected chi connectivity index (χ2v) is 5.83. The minimum Gasteiger partial charge on any atom is -0.307 e. The third kappa shape index (κ3) is 3.29. The van der Waals surface area contributed by atoms with Gasteiger partial charge in [-0.15, -0.1) is 0 Å². The van der Waals surface area contributed by atoms with Crippen molar-refractivity contribution >= 4 is 11.6 Å². The zero-order valence-electron chi connectivity index (χ0n) is 13.5. The maximum absolute atomic E-state index is 13.1. The molecule has 3 rings (SSSR count). The zero-order valence-corrected chi connectivity index (χ0v) is 13.5. The highest BCUT2D eigenvalue weighted by molar-refractivity contribution is 6.08. The van der Waals surface area contributed by atoms with Crippen LogP contribution in [0.2, 0.25) is 0 Å². The Morgan fingerprint density at radius 3 is 2.39 bits per heavy atom. The summed E-state index contributed by atoms with van der Waals surface area (Å²) in [7, 11) is 0. The smallest absolute Gasteiger partial charge is 0.259 e. The van der Waals surface area contributed by atoms with Crippen molar-refractivity contribution in [2.24, 2.45) is 0 Å². The van der Waals surface area contributed by atoms with E-state index >= 15 is 0 Å². The number of anilines is 1. The number of fused-ring (bicyclic) bond motifs is 2. The second-order valence-electron chi connectivity index (χ2n) is 5.83. The standard InChI is InChI=1S/C21H21NO/c1-2-3-4-9-16-22-20-13-8-6-11-18(20)15-14-17-10-5-7-12-19(17)21(22)23/h5-8,10-13H,2-4,9,16H2,1H3. The molecule has 2 heteroatoms. The topological polar surface area (TPSA) is 20.3 Å². The molecule has 116 valence electrons. The normalized spacial score (nSPS) is 12.6. The van der Waals surface area contributed by atoms with Crippen LogP contribution < -0.4 is 4.90 Å². The molecule has 2 nitrogen and oxygen atoms in total. The van der Waals surface area contributed by atoms with Gasteiger partial charge in [0.15, 0.2) is 0 Å². The van der Waals surface area contributed by atoms with Crippen LogP contribution in [0.4, 0.5) is 5.69 Å². The first kappa shape index (κ1) is 15.4. The van der Waals surface area contributed by atoms with Crippen LogP contribution in [0.25, 0.3) is 0 Å². The molecule has 0 aromatic heterocycles. The third-order valence-corrected chi connectivity index (χ3v) is 4.16. The van der Waals surface area contributed by atoms with E-state index in [1.807, 2.05) is 53.4 Å². The molecule has 0 fully saturated rings. The maximum Gasteiger partial charge on any atom is 0.259 e. The molecule has 0 radical (unpaired) electrons. The van der Waals surface area contributed by atoms with Gasteiger partial charge in [0.1, 0.15) is 0 Å². The first-order chi connectivity index (χ1) is 11.3. The minimum atomic E-state index is 0.0542. The van der Waals surface area contributed by atoms with Crippen LogP contribution in [-0.2, 0) is 0 Å². The molecular formula is C21H21NO. The largest absolute Gasteiger partial charge is 0.307 e. The predicted molar refractivity (Wildman–Crippen MR) is 94.7 cm³/mol. The van der Waals surface area contributed by atoms with Crippen LogP contribution in [0.15, 0.2) is 48.5 Å². The van der Waals surface area contributed by atoms with Crippen molar-refractivity contribution in [3.63, 3.8) is 0 Å². The summed E-state index contributed by atoms with van der Waals surface area (Å²) in [6.07, 6.45) is 4.57. The van der Waals surface area contributed by atoms with Gasteiger partial charge in [-0.1, -0.05) is 62.3 Å². The molecule has 0 aliphatic carbocycles. The van der Waals surface area contributed by atoms with Gasteiger partial charge in [-0.25, -0.2) is 0 Å². The van der Waals surface area contributed by atoms with E-state index in [-0.39, 0.29) is 5.91 Å². The Balaban J connectivity index is 2.01. The molecular weight excluding hydrogens is 282 g/mol. The summed E-state index contributed by atoms with van der Waals surface area (Å²) >= 11 is 0. The quantitative estimate of drug-likeness (QED) is 0.582. The lowest BCUT2D eigenvalue weighted by molar-refractivity contribution is 0.0986. The Morgan fingerprint density at radius 1 is 0.870 bits per heavy atom. The van der Waals surface area contributed by atoms with Gasteiger partial charge in [-0.05, 0) is 30.7 Å². The summed E-state index contributed by atoms with van der Waals surface area (Å²) in [5.41, 5.74) is 3.36. The SMILES string of the molecule is CCCCCCN1C(=O)c2ccccc2C#Cc2ccccc21. The van der Waals surface area contributed by atoms with Crippen LogP contribution >= 0.6 is 0 Å². The molecule has 1 amide bonds. The molecule has 0 unspecified atom stereocenters. The number of unbranched alkanes of at least 4 members (excludes halogenated alkanes) is 3. The summed E-state index contributed by atoms with van der Waals surface area (Å²) in [6, 6.07) is 15.6. The number of para-hydroxylation sites is 1. The monoisotopic (exact) mass is 303 g/mol. The summed E-state index contributed by atoms with van der Waals surface area (Å²) < 4.78 is 0. The molecule has 1 aliphatic rings. The van der Waals surface area contributed by atoms with Gasteiger partial charge in [-0.3, -0.25) is 4.79 Å². The average Bonchev–Trinajstić information content (AvgIpc) is 2.59. The molecule has 0 saturated heterocycles. The van der Waals surface area contributed by atoms with Gasteiger partial charge < -0.3 is 4.90 Å². The first-order valence-corrected chi connectivity index (χ1v) is 8.33. The zero-order chi connectivity index (χ0) is 16.1. The Bertz CT molecular complexity index is 767. The van der Waals surface area contributed by atoms with Crippen LogP contribution in [0, 0.1) is 11.8 Å². The van der Waals surface area contributed by atoms with Crippen molar-refractivity contribution in [2.45, 2.75) is 32.6 Å². The van der Waals surface area contributed by atoms with Gasteiger partial charge in [-0.2, -0.15) is 0 Å². The maximum atomic E-state index is 13.1. The van der Waals surface area contributed by atoms with Crippen molar-refractivity contribution < 1.29 is 4.79 Å². The molecule has 0 N–H and O–H groups in total. The van der Waals surface area contributed by atoms with E-state index in [4.69, 9.17) is 0 Å². The average molecular weight is 303 g/mol. The minimum absolute atomic E-state index is 0.0542. The molecule has 2 aromatic rings. The van der Waals surface area contributed by atoms with Crippen molar-refractivity contribution in [3.8, 4) is 11.8 Å². The fourth-order valence-electron chi connectivity index (χ4n) is 2.90. The molecule has 1 heterocycles. The van der Waals surface area contributed by atoms with E-state index in [9.17, 15) is 4.79 Å². The van der Waals surface area contributed by atoms with E-state index in [0.717, 1.165) is 36.2 Å². The van der Waals surface area contributed by atoms with Gasteiger partial charge in [0.05, 0.1) is 11.3 Å². The Kier molecular flexibility index (Phi) is 4.78. The summed E-state index contributed by atoms with van der Waals surface area (Å²) in [6.45, 7) is 2.94. The van der Waals surface area contributed by atoms with E-state index in [1.165, 1.54) is 12.8 Å². The molecule has 0 atom stereocenters. The van der Waals surface area contributed by atoms with Gasteiger partial charge in [0, 0.05) is 17.7 Å². The van der Waals surface area contributed by atoms with E-state index in [2.05, 4.69) is 18.8 Å². The van der Waals surface area contributed by atoms with Crippen molar-refractivity contribution in [1.29, 1.82) is 0 Å². The Labute approximate surface area is 138 Å². The number of hydrogen-bond acceptors (Lipinski definition) is 1. The number of amides is 1. The number of hydrogen-bond donors (Lipinski definition) is 0. The molecule has 0 bridgehead atoms. The Hall–Kier alpha value is -2.53. The lowest BCUT2D eigenvalue weighted by atomic mass is 10.0. The first-order valence-electron chi connectivity index (χ1n) is 8.33. The van der Waals surface area contributed by atoms with E-state index in [1.54, 1.807) is 0 Å². The highest BCUT2D eigenvalue weighted by Gasteiger charge is 2.22. The highest BCUT2D eigenvalue weighted by Crippen LogP contribution is 2.25.